The van der Waals surface area contributed by atoms with Gasteiger partial charge in [0.15, 0.2) is 17.3 Å². The van der Waals surface area contributed by atoms with Crippen molar-refractivity contribution in [2.24, 2.45) is 0 Å². The van der Waals surface area contributed by atoms with Gasteiger partial charge in [0.1, 0.15) is 31.6 Å². The van der Waals surface area contributed by atoms with Gasteiger partial charge in [0.05, 0.1) is 27.5 Å². The second-order valence-corrected chi connectivity index (χ2v) is 15.4. The van der Waals surface area contributed by atoms with Crippen LogP contribution in [0.15, 0.2) is 77.9 Å². The third-order valence-corrected chi connectivity index (χ3v) is 11.5. The summed E-state index contributed by atoms with van der Waals surface area (Å²) in [6.45, 7) is 3.84. The van der Waals surface area contributed by atoms with Crippen molar-refractivity contribution in [1.29, 1.82) is 0 Å². The van der Waals surface area contributed by atoms with Gasteiger partial charge in [-0.3, -0.25) is 19.2 Å². The van der Waals surface area contributed by atoms with E-state index >= 15 is 4.39 Å². The van der Waals surface area contributed by atoms with E-state index < -0.39 is 41.0 Å². The number of amides is 2. The number of carbonyl (C=O) groups excluding carboxylic acids is 3. The fourth-order valence-electron chi connectivity index (χ4n) is 8.31. The number of piperidine rings is 1. The predicted octanol–water partition coefficient (Wildman–Crippen LogP) is 7.18. The van der Waals surface area contributed by atoms with Gasteiger partial charge in [-0.1, -0.05) is 54.9 Å². The van der Waals surface area contributed by atoms with Crippen molar-refractivity contribution in [3.8, 4) is 17.1 Å². The summed E-state index contributed by atoms with van der Waals surface area (Å²) in [7, 11) is 0. The predicted molar refractivity (Wildman–Crippen MR) is 211 cm³/mol. The number of anilines is 1. The van der Waals surface area contributed by atoms with Gasteiger partial charge in [-0.2, -0.15) is 22.7 Å². The molecule has 1 fully saturated rings. The molecule has 1 spiro atoms. The fourth-order valence-corrected chi connectivity index (χ4v) is 8.54. The molecule has 8 rings (SSSR count). The maximum absolute atomic E-state index is 15.3. The number of aryl methyl sites for hydroxylation is 1. The van der Waals surface area contributed by atoms with Crippen LogP contribution in [0.2, 0.25) is 5.02 Å². The number of hydrogen-bond donors (Lipinski definition) is 1. The Balaban J connectivity index is 1.14. The molecule has 0 bridgehead atoms. The number of hydrogen-bond acceptors (Lipinski definition) is 9. The molecule has 3 aromatic carbocycles. The first-order valence-electron chi connectivity index (χ1n) is 18.9. The van der Waals surface area contributed by atoms with E-state index in [0.29, 0.717) is 48.6 Å². The Kier molecular flexibility index (Phi) is 10.5. The molecule has 1 aliphatic heterocycles. The minimum atomic E-state index is -4.66. The normalized spacial score (nSPS) is 15.9. The summed E-state index contributed by atoms with van der Waals surface area (Å²) in [5.41, 5.74) is -0.0360. The molecule has 60 heavy (non-hydrogen) atoms. The second kappa shape index (κ2) is 15.6. The van der Waals surface area contributed by atoms with E-state index in [1.165, 1.54) is 23.0 Å². The van der Waals surface area contributed by atoms with Crippen molar-refractivity contribution in [3.05, 3.63) is 134 Å². The van der Waals surface area contributed by atoms with Crippen molar-refractivity contribution >= 4 is 41.2 Å². The Morgan fingerprint density at radius 2 is 1.80 bits per heavy atom. The largest absolute Gasteiger partial charge is 0.485 e. The summed E-state index contributed by atoms with van der Waals surface area (Å²) in [5, 5.41) is 6.63. The second-order valence-electron chi connectivity index (χ2n) is 15.0. The minimum Gasteiger partial charge on any atom is -0.485 e. The third kappa shape index (κ3) is 7.37. The standard InChI is InChI=1S/C42H35ClF4N8O5/c1-23-18-41(12-14-53(15-13-41)39(59)34-36(24(2)48-22-49-34)60-21-25-6-4-3-5-7-25)33-35(23)54(19-32(57)50-31-11-9-27(17-29(31)43)42(45,46)47)40-51-37(52-55(40)38(33)58)28-10-8-26(20-56)16-30(28)44/h3-11,16-17,20,22-23H,12-15,18-19,21H2,1-2H3,(H,50,57). The van der Waals surface area contributed by atoms with E-state index in [-0.39, 0.29) is 76.4 Å². The zero-order valence-electron chi connectivity index (χ0n) is 32.1. The van der Waals surface area contributed by atoms with E-state index in [4.69, 9.17) is 16.3 Å². The van der Waals surface area contributed by atoms with Gasteiger partial charge in [-0.05, 0) is 68.0 Å². The van der Waals surface area contributed by atoms with Gasteiger partial charge in [-0.15, -0.1) is 5.10 Å². The van der Waals surface area contributed by atoms with Crippen molar-refractivity contribution in [3.63, 3.8) is 0 Å². The lowest BCUT2D eigenvalue weighted by molar-refractivity contribution is -0.137. The zero-order chi connectivity index (χ0) is 42.5. The summed E-state index contributed by atoms with van der Waals surface area (Å²) >= 11 is 6.16. The molecule has 0 saturated carbocycles. The Morgan fingerprint density at radius 1 is 1.05 bits per heavy atom. The number of ether oxygens (including phenoxy) is 1. The van der Waals surface area contributed by atoms with E-state index in [2.05, 4.69) is 25.4 Å². The topological polar surface area (TPSA) is 154 Å². The number of fused-ring (bicyclic) bond motifs is 3. The Labute approximate surface area is 344 Å². The lowest BCUT2D eigenvalue weighted by atomic mass is 9.73. The Bertz CT molecular complexity index is 2750. The highest BCUT2D eigenvalue weighted by Gasteiger charge is 2.49. The van der Waals surface area contributed by atoms with Crippen LogP contribution in [0.1, 0.15) is 81.0 Å². The number of aldehydes is 1. The molecule has 1 N–H and O–H groups in total. The summed E-state index contributed by atoms with van der Waals surface area (Å²) in [5.74, 6) is -2.20. The molecule has 1 aliphatic carbocycles. The summed E-state index contributed by atoms with van der Waals surface area (Å²) in [4.78, 5) is 68.5. The summed E-state index contributed by atoms with van der Waals surface area (Å²) in [6, 6.07) is 15.7. The maximum Gasteiger partial charge on any atom is 0.416 e. The summed E-state index contributed by atoms with van der Waals surface area (Å²) in [6.07, 6.45) is -1.67. The van der Waals surface area contributed by atoms with Crippen LogP contribution in [-0.2, 0) is 29.5 Å². The van der Waals surface area contributed by atoms with E-state index in [0.717, 1.165) is 28.3 Å². The molecule has 3 aromatic heterocycles. The van der Waals surface area contributed by atoms with Crippen molar-refractivity contribution in [1.82, 2.24) is 34.0 Å². The minimum absolute atomic E-state index is 0.0723. The zero-order valence-corrected chi connectivity index (χ0v) is 32.9. The Hall–Kier alpha value is -6.49. The van der Waals surface area contributed by atoms with Gasteiger partial charge in [0, 0.05) is 35.3 Å². The van der Waals surface area contributed by atoms with Crippen LogP contribution in [0, 0.1) is 12.7 Å². The first-order valence-corrected chi connectivity index (χ1v) is 19.3. The van der Waals surface area contributed by atoms with E-state index in [9.17, 15) is 32.3 Å². The van der Waals surface area contributed by atoms with Crippen LogP contribution in [-0.4, -0.2) is 65.2 Å². The number of alkyl halides is 3. The van der Waals surface area contributed by atoms with Crippen LogP contribution in [0.5, 0.6) is 5.75 Å². The van der Waals surface area contributed by atoms with Crippen LogP contribution >= 0.6 is 11.6 Å². The molecule has 2 aliphatic rings. The van der Waals surface area contributed by atoms with Crippen molar-refractivity contribution in [2.45, 2.75) is 63.8 Å². The van der Waals surface area contributed by atoms with E-state index in [1.54, 1.807) is 11.8 Å². The number of nitrogens with one attached hydrogen (secondary N) is 1. The fraction of sp³-hybridized carbons (Fsp3) is 0.286. The molecule has 308 valence electrons. The average molecular weight is 843 g/mol. The van der Waals surface area contributed by atoms with Gasteiger partial charge in [0.25, 0.3) is 11.5 Å². The molecule has 0 radical (unpaired) electrons. The molecule has 13 nitrogen and oxygen atoms in total. The third-order valence-electron chi connectivity index (χ3n) is 11.1. The lowest BCUT2D eigenvalue weighted by Crippen LogP contribution is -2.47. The number of rotatable bonds is 9. The quantitative estimate of drug-likeness (QED) is 0.118. The highest BCUT2D eigenvalue weighted by atomic mass is 35.5. The van der Waals surface area contributed by atoms with Crippen molar-refractivity contribution in [2.75, 3.05) is 18.4 Å². The maximum atomic E-state index is 15.3. The van der Waals surface area contributed by atoms with Crippen molar-refractivity contribution < 1.29 is 36.7 Å². The molecule has 1 unspecified atom stereocenters. The number of nitrogens with zero attached hydrogens (tertiary/aromatic N) is 7. The summed E-state index contributed by atoms with van der Waals surface area (Å²) < 4.78 is 63.9. The van der Waals surface area contributed by atoms with E-state index in [1.807, 2.05) is 37.3 Å². The first-order chi connectivity index (χ1) is 28.7. The van der Waals surface area contributed by atoms with Gasteiger partial charge < -0.3 is 19.5 Å². The van der Waals surface area contributed by atoms with Crippen LogP contribution < -0.4 is 15.6 Å². The van der Waals surface area contributed by atoms with Crippen LogP contribution in [0.4, 0.5) is 23.2 Å². The molecular weight excluding hydrogens is 808 g/mol. The molecule has 18 heteroatoms. The Morgan fingerprint density at radius 3 is 2.48 bits per heavy atom. The first kappa shape index (κ1) is 40.3. The molecular formula is C42H35ClF4N8O5. The highest BCUT2D eigenvalue weighted by molar-refractivity contribution is 6.33. The number of likely N-dealkylation sites (tertiary alicyclic amines) is 1. The number of carbonyl (C=O) groups is 3. The molecule has 1 atom stereocenters. The number of halogens is 5. The van der Waals surface area contributed by atoms with Crippen LogP contribution in [0.25, 0.3) is 17.2 Å². The smallest absolute Gasteiger partial charge is 0.416 e. The molecule has 1 saturated heterocycles. The van der Waals surface area contributed by atoms with Gasteiger partial charge >= 0.3 is 6.18 Å². The number of benzene rings is 3. The van der Waals surface area contributed by atoms with Gasteiger partial charge in [-0.25, -0.2) is 14.4 Å². The average Bonchev–Trinajstić information content (AvgIpc) is 3.79. The lowest BCUT2D eigenvalue weighted by Gasteiger charge is -2.39. The van der Waals surface area contributed by atoms with Gasteiger partial charge in [0.2, 0.25) is 11.7 Å². The molecule has 6 aromatic rings. The molecule has 4 heterocycles. The number of aromatic nitrogens is 6. The highest BCUT2D eigenvalue weighted by Crippen LogP contribution is 2.50. The molecule has 2 amide bonds. The SMILES string of the molecule is Cc1ncnc(C(=O)N2CCC3(CC2)CC(C)c2c3c(=O)n3nc(-c4ccc(C=O)cc4F)nc3n2CC(=O)Nc2ccc(C(F)(F)F)cc2Cl)c1OCc1ccccc1. The van der Waals surface area contributed by atoms with Crippen LogP contribution in [0.3, 0.4) is 0 Å². The monoisotopic (exact) mass is 842 g/mol.